The molecule has 6 nitrogen and oxygen atoms in total. The van der Waals surface area contributed by atoms with Gasteiger partial charge in [-0.3, -0.25) is 4.79 Å². The number of hydrogen-bond donors (Lipinski definition) is 2. The Labute approximate surface area is 125 Å². The van der Waals surface area contributed by atoms with Crippen LogP contribution in [0.1, 0.15) is 17.3 Å². The van der Waals surface area contributed by atoms with Crippen molar-refractivity contribution in [2.45, 2.75) is 6.92 Å². The van der Waals surface area contributed by atoms with Crippen LogP contribution in [0.2, 0.25) is 5.02 Å². The largest absolute Gasteiger partial charge is 0.478 e. The molecule has 2 rings (SSSR count). The summed E-state index contributed by atoms with van der Waals surface area (Å²) in [6.07, 6.45) is 1.14. The van der Waals surface area contributed by atoms with Gasteiger partial charge in [-0.25, -0.2) is 9.78 Å². The summed E-state index contributed by atoms with van der Waals surface area (Å²) >= 11 is 5.94. The van der Waals surface area contributed by atoms with Crippen molar-refractivity contribution < 1.29 is 19.4 Å². The summed E-state index contributed by atoms with van der Waals surface area (Å²) < 4.78 is 5.53. The van der Waals surface area contributed by atoms with E-state index in [4.69, 9.17) is 21.4 Å². The predicted octanol–water partition coefficient (Wildman–Crippen LogP) is 3.18. The second-order valence-electron chi connectivity index (χ2n) is 4.10. The summed E-state index contributed by atoms with van der Waals surface area (Å²) in [5.41, 5.74) is 0.424. The van der Waals surface area contributed by atoms with E-state index in [2.05, 4.69) is 10.3 Å². The molecule has 0 bridgehead atoms. The van der Waals surface area contributed by atoms with Crippen LogP contribution in [-0.2, 0) is 4.79 Å². The quantitative estimate of drug-likeness (QED) is 0.905. The van der Waals surface area contributed by atoms with Gasteiger partial charge in [0.15, 0.2) is 5.75 Å². The van der Waals surface area contributed by atoms with E-state index in [-0.39, 0.29) is 22.4 Å². The molecule has 7 heteroatoms. The molecule has 2 aromatic rings. The number of nitrogens with zero attached hydrogens (tertiary/aromatic N) is 1. The third-order valence-electron chi connectivity index (χ3n) is 2.46. The Morgan fingerprint density at radius 3 is 2.67 bits per heavy atom. The standard InChI is InChI=1S/C14H11ClN2O4/c1-8(18)17-11-4-2-3-5-12(11)21-13-10(15)6-9(7-16-13)14(19)20/h2-7H,1H3,(H,17,18)(H,19,20). The lowest BCUT2D eigenvalue weighted by Gasteiger charge is -2.11. The molecule has 0 aliphatic heterocycles. The van der Waals surface area contributed by atoms with Gasteiger partial charge < -0.3 is 15.2 Å². The van der Waals surface area contributed by atoms with Crippen LogP contribution in [0.3, 0.4) is 0 Å². The van der Waals surface area contributed by atoms with Crippen LogP contribution < -0.4 is 10.1 Å². The lowest BCUT2D eigenvalue weighted by Crippen LogP contribution is -2.07. The first-order chi connectivity index (χ1) is 9.97. The lowest BCUT2D eigenvalue weighted by atomic mass is 10.3. The first-order valence-corrected chi connectivity index (χ1v) is 6.28. The number of aromatic nitrogens is 1. The van der Waals surface area contributed by atoms with Crippen LogP contribution >= 0.6 is 11.6 Å². The number of hydrogen-bond acceptors (Lipinski definition) is 4. The molecule has 0 aliphatic carbocycles. The number of anilines is 1. The summed E-state index contributed by atoms with van der Waals surface area (Å²) in [5, 5.41) is 11.5. The number of aromatic carboxylic acids is 1. The molecule has 2 N–H and O–H groups in total. The van der Waals surface area contributed by atoms with Gasteiger partial charge in [0.1, 0.15) is 5.02 Å². The molecule has 108 valence electrons. The molecule has 1 amide bonds. The number of carbonyl (C=O) groups is 2. The summed E-state index contributed by atoms with van der Waals surface area (Å²) in [4.78, 5) is 25.8. The van der Waals surface area contributed by atoms with Gasteiger partial charge in [0.05, 0.1) is 11.3 Å². The van der Waals surface area contributed by atoms with Crippen LogP contribution in [0.4, 0.5) is 5.69 Å². The van der Waals surface area contributed by atoms with Crippen LogP contribution in [0.5, 0.6) is 11.6 Å². The van der Waals surface area contributed by atoms with Crippen molar-refractivity contribution in [1.29, 1.82) is 0 Å². The SMILES string of the molecule is CC(=O)Nc1ccccc1Oc1ncc(C(=O)O)cc1Cl. The number of pyridine rings is 1. The number of halogens is 1. The van der Waals surface area contributed by atoms with Crippen molar-refractivity contribution in [1.82, 2.24) is 4.98 Å². The summed E-state index contributed by atoms with van der Waals surface area (Å²) in [6.45, 7) is 1.38. The fraction of sp³-hybridized carbons (Fsp3) is 0.0714. The summed E-state index contributed by atoms with van der Waals surface area (Å²) in [7, 11) is 0. The van der Waals surface area contributed by atoms with Crippen molar-refractivity contribution >= 4 is 29.2 Å². The molecule has 0 fully saturated rings. The average molecular weight is 307 g/mol. The minimum absolute atomic E-state index is 0.0394. The Morgan fingerprint density at radius 2 is 2.05 bits per heavy atom. The Balaban J connectivity index is 2.30. The topological polar surface area (TPSA) is 88.5 Å². The van der Waals surface area contributed by atoms with E-state index in [0.717, 1.165) is 6.20 Å². The molecule has 0 atom stereocenters. The van der Waals surface area contributed by atoms with Gasteiger partial charge >= 0.3 is 5.97 Å². The van der Waals surface area contributed by atoms with Gasteiger partial charge in [-0.2, -0.15) is 0 Å². The highest BCUT2D eigenvalue weighted by molar-refractivity contribution is 6.32. The minimum Gasteiger partial charge on any atom is -0.478 e. The molecule has 0 radical (unpaired) electrons. The van der Waals surface area contributed by atoms with Crippen LogP contribution in [0.25, 0.3) is 0 Å². The molecule has 1 aromatic heterocycles. The number of para-hydroxylation sites is 2. The van der Waals surface area contributed by atoms with Gasteiger partial charge in [-0.1, -0.05) is 23.7 Å². The Hall–Kier alpha value is -2.60. The second-order valence-corrected chi connectivity index (χ2v) is 4.50. The molecule has 1 heterocycles. The Bertz CT molecular complexity index is 703. The fourth-order valence-corrected chi connectivity index (χ4v) is 1.78. The van der Waals surface area contributed by atoms with Crippen molar-refractivity contribution in [3.63, 3.8) is 0 Å². The molecule has 0 aliphatic rings. The number of carboxylic acid groups (broad SMARTS) is 1. The average Bonchev–Trinajstić information content (AvgIpc) is 2.42. The monoisotopic (exact) mass is 306 g/mol. The highest BCUT2D eigenvalue weighted by atomic mass is 35.5. The second kappa shape index (κ2) is 6.23. The number of amides is 1. The number of ether oxygens (including phenoxy) is 1. The van der Waals surface area contributed by atoms with Gasteiger partial charge in [0, 0.05) is 13.1 Å². The van der Waals surface area contributed by atoms with Gasteiger partial charge in [-0.15, -0.1) is 0 Å². The maximum atomic E-state index is 11.1. The molecule has 0 saturated heterocycles. The molecule has 0 unspecified atom stereocenters. The van der Waals surface area contributed by atoms with E-state index in [1.807, 2.05) is 0 Å². The Kier molecular flexibility index (Phi) is 4.39. The third-order valence-corrected chi connectivity index (χ3v) is 2.73. The molecule has 1 aromatic carbocycles. The van der Waals surface area contributed by atoms with Crippen LogP contribution in [-0.4, -0.2) is 22.0 Å². The molecular formula is C14H11ClN2O4. The van der Waals surface area contributed by atoms with E-state index in [1.165, 1.54) is 13.0 Å². The lowest BCUT2D eigenvalue weighted by molar-refractivity contribution is -0.114. The van der Waals surface area contributed by atoms with Crippen LogP contribution in [0, 0.1) is 0 Å². The maximum Gasteiger partial charge on any atom is 0.337 e. The van der Waals surface area contributed by atoms with E-state index in [0.29, 0.717) is 11.4 Å². The molecular weight excluding hydrogens is 296 g/mol. The summed E-state index contributed by atoms with van der Waals surface area (Å²) in [5.74, 6) is -0.967. The number of benzene rings is 1. The predicted molar refractivity (Wildman–Crippen MR) is 77.0 cm³/mol. The Morgan fingerprint density at radius 1 is 1.33 bits per heavy atom. The number of rotatable bonds is 4. The molecule has 0 spiro atoms. The number of carboxylic acids is 1. The van der Waals surface area contributed by atoms with Gasteiger partial charge in [0.2, 0.25) is 11.8 Å². The normalized spacial score (nSPS) is 10.0. The fourth-order valence-electron chi connectivity index (χ4n) is 1.57. The van der Waals surface area contributed by atoms with Crippen molar-refractivity contribution in [3.05, 3.63) is 47.1 Å². The zero-order valence-corrected chi connectivity index (χ0v) is 11.7. The van der Waals surface area contributed by atoms with Gasteiger partial charge in [0.25, 0.3) is 0 Å². The molecule has 21 heavy (non-hydrogen) atoms. The number of carbonyl (C=O) groups excluding carboxylic acids is 1. The van der Waals surface area contributed by atoms with E-state index < -0.39 is 5.97 Å². The maximum absolute atomic E-state index is 11.1. The van der Waals surface area contributed by atoms with E-state index in [9.17, 15) is 9.59 Å². The molecule has 0 saturated carbocycles. The number of nitrogens with one attached hydrogen (secondary N) is 1. The zero-order valence-electron chi connectivity index (χ0n) is 11.0. The minimum atomic E-state index is -1.13. The van der Waals surface area contributed by atoms with Crippen molar-refractivity contribution in [3.8, 4) is 11.6 Å². The van der Waals surface area contributed by atoms with Crippen molar-refractivity contribution in [2.75, 3.05) is 5.32 Å². The van der Waals surface area contributed by atoms with Crippen molar-refractivity contribution in [2.24, 2.45) is 0 Å². The first kappa shape index (κ1) is 14.8. The highest BCUT2D eigenvalue weighted by Crippen LogP contribution is 2.32. The van der Waals surface area contributed by atoms with E-state index >= 15 is 0 Å². The third kappa shape index (κ3) is 3.70. The summed E-state index contributed by atoms with van der Waals surface area (Å²) in [6, 6.07) is 8.00. The van der Waals surface area contributed by atoms with Crippen LogP contribution in [0.15, 0.2) is 36.5 Å². The zero-order chi connectivity index (χ0) is 15.4. The van der Waals surface area contributed by atoms with E-state index in [1.54, 1.807) is 24.3 Å². The smallest absolute Gasteiger partial charge is 0.337 e. The van der Waals surface area contributed by atoms with Gasteiger partial charge in [-0.05, 0) is 18.2 Å². The highest BCUT2D eigenvalue weighted by Gasteiger charge is 2.12. The first-order valence-electron chi connectivity index (χ1n) is 5.90.